The molecule has 0 aliphatic carbocycles. The molecule has 136 valence electrons. The van der Waals surface area contributed by atoms with Crippen LogP contribution >= 0.6 is 0 Å². The summed E-state index contributed by atoms with van der Waals surface area (Å²) in [6.45, 7) is 9.67. The van der Waals surface area contributed by atoms with Crippen LogP contribution in [0.15, 0.2) is 6.07 Å². The van der Waals surface area contributed by atoms with Gasteiger partial charge in [-0.15, -0.1) is 0 Å². The summed E-state index contributed by atoms with van der Waals surface area (Å²) >= 11 is 0. The minimum Gasteiger partial charge on any atom is -0.393 e. The van der Waals surface area contributed by atoms with Crippen LogP contribution in [0.5, 0.6) is 0 Å². The number of piperidine rings is 1. The summed E-state index contributed by atoms with van der Waals surface area (Å²) in [6, 6.07) is 2.15. The van der Waals surface area contributed by atoms with Gasteiger partial charge >= 0.3 is 0 Å². The molecule has 2 aromatic heterocycles. The predicted molar refractivity (Wildman–Crippen MR) is 97.3 cm³/mol. The lowest BCUT2D eigenvalue weighted by molar-refractivity contribution is 0.0844. The summed E-state index contributed by atoms with van der Waals surface area (Å²) in [5.74, 6) is 1.87. The molecule has 2 atom stereocenters. The van der Waals surface area contributed by atoms with Gasteiger partial charge in [0, 0.05) is 49.5 Å². The summed E-state index contributed by atoms with van der Waals surface area (Å²) in [6.07, 6.45) is 2.66. The van der Waals surface area contributed by atoms with Gasteiger partial charge in [-0.25, -0.2) is 4.98 Å². The largest absolute Gasteiger partial charge is 0.393 e. The van der Waals surface area contributed by atoms with Crippen molar-refractivity contribution in [2.24, 2.45) is 5.92 Å². The molecule has 6 nitrogen and oxygen atoms in total. The molecule has 0 radical (unpaired) electrons. The van der Waals surface area contributed by atoms with Gasteiger partial charge in [0.15, 0.2) is 5.65 Å². The Morgan fingerprint density at radius 3 is 2.68 bits per heavy atom. The molecule has 0 unspecified atom stereocenters. The first kappa shape index (κ1) is 16.8. The minimum absolute atomic E-state index is 0.203. The summed E-state index contributed by atoms with van der Waals surface area (Å²) < 4.78 is 7.52. The molecular weight excluding hydrogens is 316 g/mol. The van der Waals surface area contributed by atoms with Crippen molar-refractivity contribution < 1.29 is 9.84 Å². The third-order valence-electron chi connectivity index (χ3n) is 5.87. The van der Waals surface area contributed by atoms with E-state index in [1.165, 1.54) is 5.56 Å². The number of rotatable bonds is 2. The fraction of sp³-hybridized carbons (Fsp3) is 0.684. The molecule has 0 aromatic carbocycles. The molecule has 0 bridgehead atoms. The zero-order chi connectivity index (χ0) is 17.6. The molecule has 6 heteroatoms. The second-order valence-corrected chi connectivity index (χ2v) is 7.65. The summed E-state index contributed by atoms with van der Waals surface area (Å²) in [5.41, 5.74) is 4.29. The third-order valence-corrected chi connectivity index (χ3v) is 5.87. The van der Waals surface area contributed by atoms with E-state index in [9.17, 15) is 5.11 Å². The minimum atomic E-state index is -0.203. The van der Waals surface area contributed by atoms with Gasteiger partial charge < -0.3 is 14.7 Å². The van der Waals surface area contributed by atoms with E-state index >= 15 is 0 Å². The van der Waals surface area contributed by atoms with Crippen molar-refractivity contribution in [2.45, 2.75) is 52.1 Å². The zero-order valence-electron chi connectivity index (χ0n) is 15.4. The highest BCUT2D eigenvalue weighted by Crippen LogP contribution is 2.31. The number of aromatic nitrogens is 3. The normalized spacial score (nSPS) is 25.7. The van der Waals surface area contributed by atoms with E-state index in [1.807, 2.05) is 4.52 Å². The lowest BCUT2D eigenvalue weighted by Crippen LogP contribution is -2.43. The van der Waals surface area contributed by atoms with Gasteiger partial charge in [-0.2, -0.15) is 9.61 Å². The number of nitrogens with zero attached hydrogens (tertiary/aromatic N) is 4. The van der Waals surface area contributed by atoms with Crippen molar-refractivity contribution >= 4 is 11.5 Å². The average molecular weight is 344 g/mol. The summed E-state index contributed by atoms with van der Waals surface area (Å²) in [5, 5.41) is 15.0. The highest BCUT2D eigenvalue weighted by atomic mass is 16.5. The van der Waals surface area contributed by atoms with Gasteiger partial charge in [-0.1, -0.05) is 6.92 Å². The molecule has 2 saturated heterocycles. The number of aryl methyl sites for hydroxylation is 1. The second kappa shape index (κ2) is 6.57. The Bertz CT molecular complexity index is 766. The van der Waals surface area contributed by atoms with Gasteiger partial charge in [0.1, 0.15) is 5.82 Å². The van der Waals surface area contributed by atoms with E-state index in [4.69, 9.17) is 14.8 Å². The third kappa shape index (κ3) is 3.02. The maximum Gasteiger partial charge on any atom is 0.157 e. The van der Waals surface area contributed by atoms with E-state index in [0.29, 0.717) is 5.92 Å². The average Bonchev–Trinajstić information content (AvgIpc) is 3.03. The first-order valence-electron chi connectivity index (χ1n) is 9.42. The molecule has 2 aliphatic heterocycles. The first-order chi connectivity index (χ1) is 12.0. The summed E-state index contributed by atoms with van der Waals surface area (Å²) in [7, 11) is 0. The van der Waals surface area contributed by atoms with E-state index in [-0.39, 0.29) is 12.0 Å². The predicted octanol–water partition coefficient (Wildman–Crippen LogP) is 2.45. The smallest absolute Gasteiger partial charge is 0.157 e. The number of aliphatic hydroxyl groups excluding tert-OH is 1. The number of anilines is 1. The number of hydrogen-bond acceptors (Lipinski definition) is 5. The van der Waals surface area contributed by atoms with Crippen LogP contribution in [0, 0.1) is 19.8 Å². The maximum absolute atomic E-state index is 10.1. The molecule has 4 rings (SSSR count). The molecular formula is C19H28N4O2. The quantitative estimate of drug-likeness (QED) is 0.907. The van der Waals surface area contributed by atoms with E-state index in [0.717, 1.165) is 68.4 Å². The number of aliphatic hydroxyl groups is 1. The molecule has 4 heterocycles. The topological polar surface area (TPSA) is 62.9 Å². The molecule has 0 amide bonds. The number of ether oxygens (including phenoxy) is 1. The van der Waals surface area contributed by atoms with Crippen LogP contribution in [0.1, 0.15) is 49.1 Å². The monoisotopic (exact) mass is 344 g/mol. The van der Waals surface area contributed by atoms with Crippen LogP contribution in [-0.4, -0.2) is 52.1 Å². The number of hydrogen-bond donors (Lipinski definition) is 1. The van der Waals surface area contributed by atoms with Crippen LogP contribution in [0.3, 0.4) is 0 Å². The summed E-state index contributed by atoms with van der Waals surface area (Å²) in [4.78, 5) is 7.14. The van der Waals surface area contributed by atoms with Crippen molar-refractivity contribution in [3.8, 4) is 0 Å². The Hall–Kier alpha value is -1.66. The van der Waals surface area contributed by atoms with Crippen molar-refractivity contribution in [3.05, 3.63) is 23.0 Å². The molecule has 2 aliphatic rings. The SMILES string of the molecule is Cc1nc2cc(C3CCOCC3)nn2c(N2CC[C@H](O)[C@H](C)C2)c1C. The highest BCUT2D eigenvalue weighted by Gasteiger charge is 2.28. The number of fused-ring (bicyclic) bond motifs is 1. The lowest BCUT2D eigenvalue weighted by Gasteiger charge is -2.36. The lowest BCUT2D eigenvalue weighted by atomic mass is 9.96. The Balaban J connectivity index is 1.76. The Morgan fingerprint density at radius 2 is 1.96 bits per heavy atom. The maximum atomic E-state index is 10.1. The van der Waals surface area contributed by atoms with Crippen LogP contribution in [0.2, 0.25) is 0 Å². The van der Waals surface area contributed by atoms with Crippen LogP contribution in [0.25, 0.3) is 5.65 Å². The molecule has 0 saturated carbocycles. The standard InChI is InChI=1S/C19H28N4O2/c1-12-11-22(7-4-17(12)24)19-13(2)14(3)20-18-10-16(21-23(18)19)15-5-8-25-9-6-15/h10,12,15,17,24H,4-9,11H2,1-3H3/t12-,17+/m1/s1. The molecule has 2 aromatic rings. The van der Waals surface area contributed by atoms with E-state index in [1.54, 1.807) is 0 Å². The second-order valence-electron chi connectivity index (χ2n) is 7.65. The highest BCUT2D eigenvalue weighted by molar-refractivity contribution is 5.57. The molecule has 25 heavy (non-hydrogen) atoms. The van der Waals surface area contributed by atoms with Crippen molar-refractivity contribution in [3.63, 3.8) is 0 Å². The zero-order valence-corrected chi connectivity index (χ0v) is 15.4. The van der Waals surface area contributed by atoms with E-state index in [2.05, 4.69) is 31.7 Å². The van der Waals surface area contributed by atoms with Gasteiger partial charge in [0.2, 0.25) is 0 Å². The Labute approximate surface area is 148 Å². The van der Waals surface area contributed by atoms with Crippen molar-refractivity contribution in [2.75, 3.05) is 31.2 Å². The van der Waals surface area contributed by atoms with Gasteiger partial charge in [-0.3, -0.25) is 0 Å². The van der Waals surface area contributed by atoms with E-state index < -0.39 is 0 Å². The van der Waals surface area contributed by atoms with Crippen LogP contribution in [0.4, 0.5) is 5.82 Å². The Kier molecular flexibility index (Phi) is 4.41. The van der Waals surface area contributed by atoms with Crippen LogP contribution < -0.4 is 4.90 Å². The van der Waals surface area contributed by atoms with Crippen molar-refractivity contribution in [1.82, 2.24) is 14.6 Å². The van der Waals surface area contributed by atoms with Gasteiger partial charge in [0.25, 0.3) is 0 Å². The fourth-order valence-corrected chi connectivity index (χ4v) is 4.09. The molecule has 1 N–H and O–H groups in total. The Morgan fingerprint density at radius 1 is 1.20 bits per heavy atom. The fourth-order valence-electron chi connectivity index (χ4n) is 4.09. The first-order valence-corrected chi connectivity index (χ1v) is 9.42. The molecule has 0 spiro atoms. The van der Waals surface area contributed by atoms with Crippen LogP contribution in [-0.2, 0) is 4.74 Å². The van der Waals surface area contributed by atoms with Gasteiger partial charge in [0.05, 0.1) is 11.8 Å². The van der Waals surface area contributed by atoms with Gasteiger partial charge in [-0.05, 0) is 39.0 Å². The van der Waals surface area contributed by atoms with Crippen molar-refractivity contribution in [1.29, 1.82) is 0 Å². The molecule has 2 fully saturated rings.